The third kappa shape index (κ3) is 3.11. The first kappa shape index (κ1) is 16.5. The van der Waals surface area contributed by atoms with E-state index < -0.39 is 5.82 Å². The molecule has 0 aliphatic carbocycles. The molecule has 0 atom stereocenters. The minimum atomic E-state index is -0.398. The fourth-order valence-electron chi connectivity index (χ4n) is 2.84. The monoisotopic (exact) mass is 368 g/mol. The van der Waals surface area contributed by atoms with E-state index in [0.29, 0.717) is 23.9 Å². The molecule has 3 aromatic heterocycles. The molecule has 5 nitrogen and oxygen atoms in total. The van der Waals surface area contributed by atoms with Gasteiger partial charge in [-0.25, -0.2) is 14.4 Å². The van der Waals surface area contributed by atoms with E-state index in [1.54, 1.807) is 18.3 Å². The number of nitrogens with one attached hydrogen (secondary N) is 1. The lowest BCUT2D eigenvalue weighted by molar-refractivity contribution is 0.0954. The predicted molar refractivity (Wildman–Crippen MR) is 97.9 cm³/mol. The van der Waals surface area contributed by atoms with Crippen molar-refractivity contribution in [2.45, 2.75) is 6.42 Å². The molecule has 0 spiro atoms. The third-order valence-electron chi connectivity index (χ3n) is 4.13. The molecule has 4 aromatic rings. The van der Waals surface area contributed by atoms with Crippen LogP contribution in [0.5, 0.6) is 0 Å². The summed E-state index contributed by atoms with van der Waals surface area (Å²) in [4.78, 5) is 20.9. The summed E-state index contributed by atoms with van der Waals surface area (Å²) in [6.07, 6.45) is 4.30. The van der Waals surface area contributed by atoms with Gasteiger partial charge in [0.15, 0.2) is 0 Å². The topological polar surface area (TPSA) is 59.3 Å². The van der Waals surface area contributed by atoms with Gasteiger partial charge in [0.1, 0.15) is 16.8 Å². The maximum Gasteiger partial charge on any atom is 0.254 e. The molecule has 4 rings (SSSR count). The highest BCUT2D eigenvalue weighted by molar-refractivity contribution is 6.33. The van der Waals surface area contributed by atoms with Gasteiger partial charge in [0.2, 0.25) is 0 Å². The largest absolute Gasteiger partial charge is 0.351 e. The number of carbonyl (C=O) groups is 1. The number of amides is 1. The van der Waals surface area contributed by atoms with Gasteiger partial charge < -0.3 is 9.72 Å². The average Bonchev–Trinajstić information content (AvgIpc) is 3.04. The van der Waals surface area contributed by atoms with Crippen molar-refractivity contribution >= 4 is 33.9 Å². The van der Waals surface area contributed by atoms with Gasteiger partial charge in [0, 0.05) is 30.6 Å². The Labute approximate surface area is 153 Å². The normalized spacial score (nSPS) is 11.2. The van der Waals surface area contributed by atoms with E-state index in [1.165, 1.54) is 12.1 Å². The molecule has 0 radical (unpaired) electrons. The second kappa shape index (κ2) is 6.72. The van der Waals surface area contributed by atoms with Crippen LogP contribution < -0.4 is 5.32 Å². The Bertz CT molecular complexity index is 1130. The van der Waals surface area contributed by atoms with E-state index in [2.05, 4.69) is 15.3 Å². The molecular weight excluding hydrogens is 355 g/mol. The summed E-state index contributed by atoms with van der Waals surface area (Å²) in [6, 6.07) is 11.6. The summed E-state index contributed by atoms with van der Waals surface area (Å²) in [5.41, 5.74) is 1.68. The number of hydrogen-bond acceptors (Lipinski definition) is 3. The summed E-state index contributed by atoms with van der Waals surface area (Å²) in [5, 5.41) is 3.53. The molecule has 1 aromatic carbocycles. The number of carbonyl (C=O) groups excluding carboxylic acids is 1. The summed E-state index contributed by atoms with van der Waals surface area (Å²) in [5.74, 6) is 0.138. The molecule has 0 saturated carbocycles. The van der Waals surface area contributed by atoms with Crippen LogP contribution in [0.3, 0.4) is 0 Å². The van der Waals surface area contributed by atoms with E-state index >= 15 is 0 Å². The van der Waals surface area contributed by atoms with Gasteiger partial charge in [-0.05, 0) is 30.3 Å². The van der Waals surface area contributed by atoms with Crippen molar-refractivity contribution in [3.8, 4) is 0 Å². The van der Waals surface area contributed by atoms with Crippen LogP contribution in [0.15, 0.2) is 54.9 Å². The Morgan fingerprint density at radius 1 is 1.23 bits per heavy atom. The summed E-state index contributed by atoms with van der Waals surface area (Å²) >= 11 is 6.10. The molecule has 0 unspecified atom stereocenters. The lowest BCUT2D eigenvalue weighted by Gasteiger charge is -2.08. The summed E-state index contributed by atoms with van der Waals surface area (Å²) in [6.45, 7) is 0.407. The van der Waals surface area contributed by atoms with Gasteiger partial charge >= 0.3 is 0 Å². The van der Waals surface area contributed by atoms with Crippen molar-refractivity contribution in [1.82, 2.24) is 19.7 Å². The average molecular weight is 369 g/mol. The molecule has 26 heavy (non-hydrogen) atoms. The van der Waals surface area contributed by atoms with Crippen molar-refractivity contribution in [2.75, 3.05) is 6.54 Å². The van der Waals surface area contributed by atoms with Crippen molar-refractivity contribution in [3.63, 3.8) is 0 Å². The van der Waals surface area contributed by atoms with Crippen LogP contribution in [0.2, 0.25) is 5.15 Å². The van der Waals surface area contributed by atoms with Gasteiger partial charge in [0.25, 0.3) is 5.91 Å². The SMILES string of the molecule is O=C(NCCc1ncc2ccccn12)c1cc2ccc(F)cc2nc1Cl. The Morgan fingerprint density at radius 3 is 3.00 bits per heavy atom. The van der Waals surface area contributed by atoms with Crippen LogP contribution in [0.25, 0.3) is 16.4 Å². The predicted octanol–water partition coefficient (Wildman–Crippen LogP) is 3.65. The molecule has 0 fully saturated rings. The van der Waals surface area contributed by atoms with E-state index in [-0.39, 0.29) is 16.6 Å². The van der Waals surface area contributed by atoms with Crippen LogP contribution in [-0.2, 0) is 6.42 Å². The number of aromatic nitrogens is 3. The number of nitrogens with zero attached hydrogens (tertiary/aromatic N) is 3. The molecule has 0 bridgehead atoms. The maximum absolute atomic E-state index is 13.3. The molecule has 0 aliphatic rings. The molecular formula is C19H14ClFN4O. The minimum absolute atomic E-state index is 0.0480. The smallest absolute Gasteiger partial charge is 0.254 e. The second-order valence-electron chi connectivity index (χ2n) is 5.84. The summed E-state index contributed by atoms with van der Waals surface area (Å²) < 4.78 is 15.2. The van der Waals surface area contributed by atoms with Gasteiger partial charge in [-0.2, -0.15) is 0 Å². The maximum atomic E-state index is 13.3. The van der Waals surface area contributed by atoms with Crippen LogP contribution in [0, 0.1) is 5.82 Å². The highest BCUT2D eigenvalue weighted by Crippen LogP contribution is 2.21. The Balaban J connectivity index is 1.49. The first-order valence-electron chi connectivity index (χ1n) is 8.07. The number of benzene rings is 1. The van der Waals surface area contributed by atoms with E-state index in [0.717, 1.165) is 11.3 Å². The zero-order valence-electron chi connectivity index (χ0n) is 13.6. The Hall–Kier alpha value is -2.99. The zero-order chi connectivity index (χ0) is 18.1. The number of fused-ring (bicyclic) bond motifs is 2. The zero-order valence-corrected chi connectivity index (χ0v) is 14.4. The lowest BCUT2D eigenvalue weighted by Crippen LogP contribution is -2.26. The fourth-order valence-corrected chi connectivity index (χ4v) is 3.07. The van der Waals surface area contributed by atoms with Crippen molar-refractivity contribution in [3.05, 3.63) is 77.2 Å². The van der Waals surface area contributed by atoms with Crippen molar-refractivity contribution in [1.29, 1.82) is 0 Å². The minimum Gasteiger partial charge on any atom is -0.351 e. The molecule has 1 amide bonds. The van der Waals surface area contributed by atoms with Gasteiger partial charge in [0.05, 0.1) is 22.8 Å². The Kier molecular flexibility index (Phi) is 4.26. The van der Waals surface area contributed by atoms with Crippen LogP contribution in [-0.4, -0.2) is 26.8 Å². The Morgan fingerprint density at radius 2 is 2.12 bits per heavy atom. The molecule has 1 N–H and O–H groups in total. The molecule has 0 aliphatic heterocycles. The number of hydrogen-bond donors (Lipinski definition) is 1. The standard InChI is InChI=1S/C19H14ClFN4O/c20-18-15(9-12-4-5-13(21)10-16(12)24-18)19(26)22-7-6-17-23-11-14-3-1-2-8-25(14)17/h1-5,8-11H,6-7H2,(H,22,26). The second-order valence-corrected chi connectivity index (χ2v) is 6.20. The van der Waals surface area contributed by atoms with Gasteiger partial charge in [-0.1, -0.05) is 17.7 Å². The van der Waals surface area contributed by atoms with Crippen LogP contribution in [0.1, 0.15) is 16.2 Å². The highest BCUT2D eigenvalue weighted by Gasteiger charge is 2.13. The number of pyridine rings is 2. The molecule has 7 heteroatoms. The number of imidazole rings is 1. The quantitative estimate of drug-likeness (QED) is 0.559. The lowest BCUT2D eigenvalue weighted by atomic mass is 10.1. The van der Waals surface area contributed by atoms with Gasteiger partial charge in [-0.3, -0.25) is 4.79 Å². The van der Waals surface area contributed by atoms with Crippen LogP contribution >= 0.6 is 11.6 Å². The molecule has 3 heterocycles. The van der Waals surface area contributed by atoms with Crippen molar-refractivity contribution < 1.29 is 9.18 Å². The third-order valence-corrected chi connectivity index (χ3v) is 4.42. The molecule has 130 valence electrons. The molecule has 0 saturated heterocycles. The number of rotatable bonds is 4. The van der Waals surface area contributed by atoms with E-state index in [1.807, 2.05) is 28.8 Å². The van der Waals surface area contributed by atoms with E-state index in [4.69, 9.17) is 11.6 Å². The van der Waals surface area contributed by atoms with E-state index in [9.17, 15) is 9.18 Å². The fraction of sp³-hybridized carbons (Fsp3) is 0.105. The van der Waals surface area contributed by atoms with Crippen LogP contribution in [0.4, 0.5) is 4.39 Å². The highest BCUT2D eigenvalue weighted by atomic mass is 35.5. The van der Waals surface area contributed by atoms with Crippen molar-refractivity contribution in [2.24, 2.45) is 0 Å². The van der Waals surface area contributed by atoms with Gasteiger partial charge in [-0.15, -0.1) is 0 Å². The first-order valence-corrected chi connectivity index (χ1v) is 8.44. The number of halogens is 2. The summed E-state index contributed by atoms with van der Waals surface area (Å²) in [7, 11) is 0. The first-order chi connectivity index (χ1) is 12.6.